The molecule has 1 aromatic carbocycles. The van der Waals surface area contributed by atoms with Gasteiger partial charge in [-0.2, -0.15) is 0 Å². The number of benzene rings is 1. The molecule has 2 aromatic rings. The molecule has 1 atom stereocenters. The molecule has 0 amide bonds. The summed E-state index contributed by atoms with van der Waals surface area (Å²) in [7, 11) is 2.00. The van der Waals surface area contributed by atoms with Crippen molar-refractivity contribution in [3.63, 3.8) is 0 Å². The van der Waals surface area contributed by atoms with E-state index in [4.69, 9.17) is 4.42 Å². The summed E-state index contributed by atoms with van der Waals surface area (Å²) in [5.74, 6) is 1.03. The van der Waals surface area contributed by atoms with Crippen LogP contribution < -0.4 is 5.32 Å². The topological polar surface area (TPSA) is 25.2 Å². The second kappa shape index (κ2) is 4.77. The minimum Gasteiger partial charge on any atom is -0.459 e. The van der Waals surface area contributed by atoms with Gasteiger partial charge in [0.2, 0.25) is 0 Å². The normalized spacial score (nSPS) is 14.1. The quantitative estimate of drug-likeness (QED) is 0.861. The highest BCUT2D eigenvalue weighted by Gasteiger charge is 2.30. The molecule has 0 fully saturated rings. The smallest absolute Gasteiger partial charge is 0.134 e. The van der Waals surface area contributed by atoms with Crippen molar-refractivity contribution in [3.05, 3.63) is 35.6 Å². The summed E-state index contributed by atoms with van der Waals surface area (Å²) in [6, 6.07) is 8.74. The molecule has 18 heavy (non-hydrogen) atoms. The molecule has 0 aliphatic carbocycles. The average Bonchev–Trinajstić information content (AvgIpc) is 2.72. The van der Waals surface area contributed by atoms with Crippen molar-refractivity contribution >= 4 is 11.0 Å². The molecule has 0 saturated carbocycles. The first kappa shape index (κ1) is 13.2. The number of hydrogen-bond donors (Lipinski definition) is 1. The highest BCUT2D eigenvalue weighted by atomic mass is 16.3. The van der Waals surface area contributed by atoms with E-state index in [0.717, 1.165) is 17.8 Å². The van der Waals surface area contributed by atoms with E-state index in [-0.39, 0.29) is 11.5 Å². The van der Waals surface area contributed by atoms with Crippen molar-refractivity contribution < 1.29 is 4.42 Å². The Bertz CT molecular complexity index is 539. The van der Waals surface area contributed by atoms with Gasteiger partial charge in [-0.3, -0.25) is 0 Å². The van der Waals surface area contributed by atoms with E-state index in [1.54, 1.807) is 0 Å². The van der Waals surface area contributed by atoms with E-state index in [9.17, 15) is 0 Å². The van der Waals surface area contributed by atoms with Gasteiger partial charge < -0.3 is 9.73 Å². The van der Waals surface area contributed by atoms with Crippen molar-refractivity contribution in [1.29, 1.82) is 0 Å². The Balaban J connectivity index is 2.46. The third kappa shape index (κ3) is 2.30. The fourth-order valence-electron chi connectivity index (χ4n) is 2.45. The number of aryl methyl sites for hydroxylation is 1. The highest BCUT2D eigenvalue weighted by molar-refractivity contribution is 5.78. The number of rotatable bonds is 4. The highest BCUT2D eigenvalue weighted by Crippen LogP contribution is 2.38. The number of fused-ring (bicyclic) bond motifs is 1. The van der Waals surface area contributed by atoms with Gasteiger partial charge in [0.1, 0.15) is 11.3 Å². The molecule has 0 saturated heterocycles. The standard InChI is InChI=1S/C16H23NO/c1-6-16(3,4)15(17-5)14-10-12-9-11(2)7-8-13(12)18-14/h7-10,15,17H,6H2,1-5H3. The average molecular weight is 245 g/mol. The summed E-state index contributed by atoms with van der Waals surface area (Å²) >= 11 is 0. The van der Waals surface area contributed by atoms with Crippen molar-refractivity contribution in [3.8, 4) is 0 Å². The van der Waals surface area contributed by atoms with E-state index in [0.29, 0.717) is 0 Å². The Hall–Kier alpha value is -1.28. The third-order valence-corrected chi connectivity index (χ3v) is 3.96. The molecule has 0 aliphatic heterocycles. The monoisotopic (exact) mass is 245 g/mol. The maximum absolute atomic E-state index is 6.00. The van der Waals surface area contributed by atoms with E-state index in [2.05, 4.69) is 57.3 Å². The van der Waals surface area contributed by atoms with Gasteiger partial charge in [0.15, 0.2) is 0 Å². The van der Waals surface area contributed by atoms with Gasteiger partial charge >= 0.3 is 0 Å². The number of nitrogens with one attached hydrogen (secondary N) is 1. The Morgan fingerprint density at radius 2 is 2.00 bits per heavy atom. The molecule has 0 aliphatic rings. The van der Waals surface area contributed by atoms with Crippen molar-refractivity contribution in [2.45, 2.75) is 40.2 Å². The molecule has 0 radical (unpaired) electrons. The van der Waals surface area contributed by atoms with Crippen LogP contribution in [0, 0.1) is 12.3 Å². The van der Waals surface area contributed by atoms with Gasteiger partial charge in [0, 0.05) is 5.39 Å². The largest absolute Gasteiger partial charge is 0.459 e. The lowest BCUT2D eigenvalue weighted by atomic mass is 9.80. The molecular weight excluding hydrogens is 222 g/mol. The molecule has 2 heteroatoms. The predicted molar refractivity (Wildman–Crippen MR) is 76.8 cm³/mol. The van der Waals surface area contributed by atoms with E-state index < -0.39 is 0 Å². The molecule has 0 bridgehead atoms. The van der Waals surface area contributed by atoms with Crippen LogP contribution in [0.25, 0.3) is 11.0 Å². The summed E-state index contributed by atoms with van der Waals surface area (Å²) in [5, 5.41) is 4.58. The lowest BCUT2D eigenvalue weighted by molar-refractivity contribution is 0.219. The lowest BCUT2D eigenvalue weighted by Gasteiger charge is -2.31. The van der Waals surface area contributed by atoms with Gasteiger partial charge in [0.05, 0.1) is 6.04 Å². The van der Waals surface area contributed by atoms with Crippen molar-refractivity contribution in [1.82, 2.24) is 5.32 Å². The minimum absolute atomic E-state index is 0.178. The fourth-order valence-corrected chi connectivity index (χ4v) is 2.45. The van der Waals surface area contributed by atoms with Gasteiger partial charge in [-0.15, -0.1) is 0 Å². The minimum atomic E-state index is 0.178. The molecule has 2 rings (SSSR count). The van der Waals surface area contributed by atoms with Crippen LogP contribution in [0.4, 0.5) is 0 Å². The van der Waals surface area contributed by atoms with Crippen molar-refractivity contribution in [2.24, 2.45) is 5.41 Å². The molecule has 2 nitrogen and oxygen atoms in total. The predicted octanol–water partition coefficient (Wildman–Crippen LogP) is 4.44. The SMILES string of the molecule is CCC(C)(C)C(NC)c1cc2cc(C)ccc2o1. The Morgan fingerprint density at radius 1 is 1.28 bits per heavy atom. The molecule has 1 heterocycles. The van der Waals surface area contributed by atoms with E-state index in [1.165, 1.54) is 10.9 Å². The van der Waals surface area contributed by atoms with E-state index in [1.807, 2.05) is 7.05 Å². The van der Waals surface area contributed by atoms with Crippen LogP contribution in [0.15, 0.2) is 28.7 Å². The van der Waals surface area contributed by atoms with E-state index >= 15 is 0 Å². The molecule has 1 aromatic heterocycles. The van der Waals surface area contributed by atoms with Crippen LogP contribution in [-0.2, 0) is 0 Å². The molecule has 0 spiro atoms. The summed E-state index contributed by atoms with van der Waals surface area (Å²) in [5.41, 5.74) is 2.42. The zero-order valence-electron chi connectivity index (χ0n) is 12.0. The van der Waals surface area contributed by atoms with Gasteiger partial charge in [0.25, 0.3) is 0 Å². The molecule has 98 valence electrons. The Morgan fingerprint density at radius 3 is 2.61 bits per heavy atom. The maximum Gasteiger partial charge on any atom is 0.134 e. The first-order chi connectivity index (χ1) is 8.47. The van der Waals surface area contributed by atoms with Crippen LogP contribution in [0.5, 0.6) is 0 Å². The zero-order valence-corrected chi connectivity index (χ0v) is 12.0. The zero-order chi connectivity index (χ0) is 13.3. The van der Waals surface area contributed by atoms with Crippen LogP contribution in [0.3, 0.4) is 0 Å². The molecule has 1 N–H and O–H groups in total. The van der Waals surface area contributed by atoms with Gasteiger partial charge in [-0.25, -0.2) is 0 Å². The second-order valence-corrected chi connectivity index (χ2v) is 5.75. The second-order valence-electron chi connectivity index (χ2n) is 5.75. The van der Waals surface area contributed by atoms with Crippen molar-refractivity contribution in [2.75, 3.05) is 7.05 Å². The maximum atomic E-state index is 6.00. The summed E-state index contributed by atoms with van der Waals surface area (Å²) in [6.45, 7) is 8.87. The van der Waals surface area contributed by atoms with Crippen LogP contribution >= 0.6 is 0 Å². The third-order valence-electron chi connectivity index (χ3n) is 3.96. The van der Waals surface area contributed by atoms with Crippen LogP contribution in [0.2, 0.25) is 0 Å². The molecule has 1 unspecified atom stereocenters. The first-order valence-electron chi connectivity index (χ1n) is 6.65. The van der Waals surface area contributed by atoms with Crippen LogP contribution in [-0.4, -0.2) is 7.05 Å². The summed E-state index contributed by atoms with van der Waals surface area (Å²) < 4.78 is 6.00. The summed E-state index contributed by atoms with van der Waals surface area (Å²) in [6.07, 6.45) is 1.11. The number of furan rings is 1. The molecular formula is C16H23NO. The Kier molecular flexibility index (Phi) is 3.49. The lowest BCUT2D eigenvalue weighted by Crippen LogP contribution is -2.31. The van der Waals surface area contributed by atoms with Gasteiger partial charge in [-0.05, 0) is 44.0 Å². The first-order valence-corrected chi connectivity index (χ1v) is 6.65. The summed E-state index contributed by atoms with van der Waals surface area (Å²) in [4.78, 5) is 0. The van der Waals surface area contributed by atoms with Gasteiger partial charge in [-0.1, -0.05) is 32.4 Å². The van der Waals surface area contributed by atoms with Crippen LogP contribution in [0.1, 0.15) is 44.6 Å². The fraction of sp³-hybridized carbons (Fsp3) is 0.500. The number of hydrogen-bond acceptors (Lipinski definition) is 2. The Labute approximate surface area is 109 Å².